The summed E-state index contributed by atoms with van der Waals surface area (Å²) in [5.74, 6) is 0.475. The fourth-order valence-corrected chi connectivity index (χ4v) is 4.08. The molecule has 1 aromatic rings. The minimum absolute atomic E-state index is 0.241. The molecule has 1 aliphatic rings. The third-order valence-corrected chi connectivity index (χ3v) is 5.71. The first-order chi connectivity index (χ1) is 10.0. The number of halogens is 1. The van der Waals surface area contributed by atoms with E-state index in [9.17, 15) is 8.42 Å². The van der Waals surface area contributed by atoms with Crippen molar-refractivity contribution in [3.63, 3.8) is 0 Å². The Morgan fingerprint density at radius 2 is 2.00 bits per heavy atom. The molecule has 1 aliphatic carbocycles. The van der Waals surface area contributed by atoms with Crippen molar-refractivity contribution in [1.29, 1.82) is 0 Å². The summed E-state index contributed by atoms with van der Waals surface area (Å²) in [6.07, 6.45) is 4.64. The molecule has 0 unspecified atom stereocenters. The fraction of sp³-hybridized carbons (Fsp3) is 0.600. The summed E-state index contributed by atoms with van der Waals surface area (Å²) in [6, 6.07) is 4.93. The van der Waals surface area contributed by atoms with Crippen molar-refractivity contribution >= 4 is 21.6 Å². The maximum absolute atomic E-state index is 12.3. The van der Waals surface area contributed by atoms with Crippen LogP contribution < -0.4 is 10.0 Å². The maximum atomic E-state index is 12.3. The second-order valence-electron chi connectivity index (χ2n) is 5.54. The Balaban J connectivity index is 2.03. The predicted molar refractivity (Wildman–Crippen MR) is 86.0 cm³/mol. The van der Waals surface area contributed by atoms with Gasteiger partial charge in [-0.2, -0.15) is 0 Å². The van der Waals surface area contributed by atoms with E-state index < -0.39 is 10.0 Å². The van der Waals surface area contributed by atoms with Crippen LogP contribution in [0.25, 0.3) is 0 Å². The minimum atomic E-state index is -3.46. The van der Waals surface area contributed by atoms with Gasteiger partial charge in [0.05, 0.1) is 4.90 Å². The highest BCUT2D eigenvalue weighted by atomic mass is 35.5. The largest absolute Gasteiger partial charge is 0.313 e. The van der Waals surface area contributed by atoms with Crippen LogP contribution in [0, 0.1) is 5.92 Å². The van der Waals surface area contributed by atoms with Crippen molar-refractivity contribution in [2.75, 3.05) is 13.1 Å². The Morgan fingerprint density at radius 1 is 1.29 bits per heavy atom. The molecule has 2 rings (SSSR count). The molecule has 0 atom stereocenters. The Bertz CT molecular complexity index is 569. The van der Waals surface area contributed by atoms with Gasteiger partial charge in [0, 0.05) is 18.1 Å². The summed E-state index contributed by atoms with van der Waals surface area (Å²) in [4.78, 5) is 0.241. The second kappa shape index (κ2) is 7.58. The van der Waals surface area contributed by atoms with Gasteiger partial charge in [-0.1, -0.05) is 37.4 Å². The summed E-state index contributed by atoms with van der Waals surface area (Å²) < 4.78 is 27.3. The Hall–Kier alpha value is -0.620. The van der Waals surface area contributed by atoms with Crippen LogP contribution in [0.1, 0.15) is 38.2 Å². The van der Waals surface area contributed by atoms with Crippen molar-refractivity contribution < 1.29 is 8.42 Å². The summed E-state index contributed by atoms with van der Waals surface area (Å²) >= 11 is 6.17. The molecule has 21 heavy (non-hydrogen) atoms. The van der Waals surface area contributed by atoms with E-state index in [0.717, 1.165) is 24.9 Å². The molecule has 6 heteroatoms. The van der Waals surface area contributed by atoms with E-state index in [1.54, 1.807) is 12.1 Å². The van der Waals surface area contributed by atoms with E-state index in [-0.39, 0.29) is 4.90 Å². The lowest BCUT2D eigenvalue weighted by molar-refractivity contribution is 0.519. The normalized spacial score (nSPS) is 16.5. The van der Waals surface area contributed by atoms with Crippen molar-refractivity contribution in [3.05, 3.63) is 28.8 Å². The number of nitrogens with one attached hydrogen (secondary N) is 2. The van der Waals surface area contributed by atoms with Crippen molar-refractivity contribution in [3.8, 4) is 0 Å². The zero-order valence-electron chi connectivity index (χ0n) is 12.4. The van der Waals surface area contributed by atoms with E-state index in [2.05, 4.69) is 10.0 Å². The van der Waals surface area contributed by atoms with Crippen LogP contribution in [-0.2, 0) is 16.6 Å². The summed E-state index contributed by atoms with van der Waals surface area (Å²) in [7, 11) is -3.46. The molecule has 0 radical (unpaired) electrons. The van der Waals surface area contributed by atoms with Gasteiger partial charge in [0.1, 0.15) is 0 Å². The van der Waals surface area contributed by atoms with Gasteiger partial charge in [-0.05, 0) is 43.0 Å². The first-order valence-corrected chi connectivity index (χ1v) is 9.38. The number of sulfonamides is 1. The van der Waals surface area contributed by atoms with Crippen LogP contribution in [0.2, 0.25) is 5.02 Å². The van der Waals surface area contributed by atoms with E-state index >= 15 is 0 Å². The lowest BCUT2D eigenvalue weighted by Crippen LogP contribution is -2.28. The molecule has 0 aromatic heterocycles. The average molecular weight is 331 g/mol. The molecule has 0 aliphatic heterocycles. The molecule has 4 nitrogen and oxygen atoms in total. The second-order valence-corrected chi connectivity index (χ2v) is 7.71. The van der Waals surface area contributed by atoms with Crippen LogP contribution in [0.4, 0.5) is 0 Å². The molecule has 0 spiro atoms. The van der Waals surface area contributed by atoms with E-state index in [0.29, 0.717) is 24.0 Å². The van der Waals surface area contributed by atoms with Gasteiger partial charge < -0.3 is 5.32 Å². The van der Waals surface area contributed by atoms with Crippen LogP contribution in [-0.4, -0.2) is 21.5 Å². The van der Waals surface area contributed by atoms with Gasteiger partial charge in [-0.15, -0.1) is 0 Å². The summed E-state index contributed by atoms with van der Waals surface area (Å²) in [6.45, 7) is 4.03. The molecule has 2 N–H and O–H groups in total. The monoisotopic (exact) mass is 330 g/mol. The Morgan fingerprint density at radius 3 is 2.62 bits per heavy atom. The summed E-state index contributed by atoms with van der Waals surface area (Å²) in [5.41, 5.74) is 0.910. The van der Waals surface area contributed by atoms with Crippen LogP contribution in [0.5, 0.6) is 0 Å². The molecular weight excluding hydrogens is 308 g/mol. The van der Waals surface area contributed by atoms with Crippen molar-refractivity contribution in [2.24, 2.45) is 5.92 Å². The third-order valence-electron chi connectivity index (χ3n) is 3.94. The number of hydrogen-bond donors (Lipinski definition) is 2. The lowest BCUT2D eigenvalue weighted by atomic mass is 10.1. The SMILES string of the molecule is CCNCc1ccc(S(=O)(=O)NCC2CCCC2)cc1Cl. The summed E-state index contributed by atoms with van der Waals surface area (Å²) in [5, 5.41) is 3.66. The highest BCUT2D eigenvalue weighted by molar-refractivity contribution is 7.89. The third kappa shape index (κ3) is 4.68. The first kappa shape index (κ1) is 16.7. The van der Waals surface area contributed by atoms with Gasteiger partial charge in [-0.25, -0.2) is 13.1 Å². The quantitative estimate of drug-likeness (QED) is 0.808. The molecule has 0 bridgehead atoms. The van der Waals surface area contributed by atoms with Gasteiger partial charge in [0.25, 0.3) is 0 Å². The standard InChI is InChI=1S/C15H23ClN2O2S/c1-2-17-11-13-7-8-14(9-15(13)16)21(19,20)18-10-12-5-3-4-6-12/h7-9,12,17-18H,2-6,10-11H2,1H3. The highest BCUT2D eigenvalue weighted by Gasteiger charge is 2.20. The van der Waals surface area contributed by atoms with Gasteiger partial charge >= 0.3 is 0 Å². The molecule has 118 valence electrons. The molecular formula is C15H23ClN2O2S. The molecule has 1 saturated carbocycles. The molecule has 0 amide bonds. The Labute approximate surface area is 132 Å². The lowest BCUT2D eigenvalue weighted by Gasteiger charge is -2.12. The molecule has 1 aromatic carbocycles. The topological polar surface area (TPSA) is 58.2 Å². The van der Waals surface area contributed by atoms with E-state index in [1.807, 2.05) is 6.92 Å². The highest BCUT2D eigenvalue weighted by Crippen LogP contribution is 2.25. The van der Waals surface area contributed by atoms with Crippen molar-refractivity contribution in [1.82, 2.24) is 10.0 Å². The van der Waals surface area contributed by atoms with Gasteiger partial charge in [-0.3, -0.25) is 0 Å². The number of rotatable bonds is 7. The van der Waals surface area contributed by atoms with E-state index in [1.165, 1.54) is 18.9 Å². The molecule has 1 fully saturated rings. The number of benzene rings is 1. The smallest absolute Gasteiger partial charge is 0.240 e. The minimum Gasteiger partial charge on any atom is -0.313 e. The zero-order valence-corrected chi connectivity index (χ0v) is 13.9. The van der Waals surface area contributed by atoms with Gasteiger partial charge in [0.2, 0.25) is 10.0 Å². The van der Waals surface area contributed by atoms with Gasteiger partial charge in [0.15, 0.2) is 0 Å². The van der Waals surface area contributed by atoms with Crippen LogP contribution >= 0.6 is 11.6 Å². The molecule has 0 heterocycles. The zero-order chi connectivity index (χ0) is 15.3. The maximum Gasteiger partial charge on any atom is 0.240 e. The molecule has 0 saturated heterocycles. The van der Waals surface area contributed by atoms with E-state index in [4.69, 9.17) is 11.6 Å². The van der Waals surface area contributed by atoms with Crippen molar-refractivity contribution in [2.45, 2.75) is 44.0 Å². The van der Waals surface area contributed by atoms with Crippen LogP contribution in [0.3, 0.4) is 0 Å². The Kier molecular flexibility index (Phi) is 6.05. The number of hydrogen-bond acceptors (Lipinski definition) is 3. The first-order valence-electron chi connectivity index (χ1n) is 7.51. The fourth-order valence-electron chi connectivity index (χ4n) is 2.62. The average Bonchev–Trinajstić information content (AvgIpc) is 2.97. The predicted octanol–water partition coefficient (Wildman–Crippen LogP) is 2.92. The van der Waals surface area contributed by atoms with Crippen LogP contribution in [0.15, 0.2) is 23.1 Å².